The maximum atomic E-state index is 13.9. The van der Waals surface area contributed by atoms with Gasteiger partial charge in [0.05, 0.1) is 40.1 Å². The molecule has 2 aliphatic carbocycles. The van der Waals surface area contributed by atoms with E-state index in [0.29, 0.717) is 35.0 Å². The number of nitriles is 1. The van der Waals surface area contributed by atoms with Crippen LogP contribution in [0.15, 0.2) is 36.9 Å². The summed E-state index contributed by atoms with van der Waals surface area (Å²) in [5, 5.41) is 27.4. The van der Waals surface area contributed by atoms with Crippen LogP contribution in [0.3, 0.4) is 0 Å². The minimum atomic E-state index is -6.33. The fourth-order valence-corrected chi connectivity index (χ4v) is 9.51. The molecule has 0 bridgehead atoms. The number of carbonyl (C=O) groups is 2. The molecule has 6 heterocycles. The van der Waals surface area contributed by atoms with Crippen molar-refractivity contribution in [1.82, 2.24) is 49.8 Å². The van der Waals surface area contributed by atoms with Gasteiger partial charge in [0.25, 0.3) is 11.8 Å². The second-order valence-corrected chi connectivity index (χ2v) is 19.7. The van der Waals surface area contributed by atoms with Crippen LogP contribution in [-0.2, 0) is 38.3 Å². The van der Waals surface area contributed by atoms with E-state index in [9.17, 15) is 79.8 Å². The molecule has 35 heteroatoms. The van der Waals surface area contributed by atoms with Gasteiger partial charge in [-0.25, -0.2) is 18.7 Å². The smallest absolute Gasteiger partial charge is 0.391 e. The first-order valence-electron chi connectivity index (χ1n) is 19.6. The van der Waals surface area contributed by atoms with E-state index in [4.69, 9.17) is 46.4 Å². The van der Waals surface area contributed by atoms with Crippen LogP contribution in [0.5, 0.6) is 0 Å². The lowest BCUT2D eigenvalue weighted by Gasteiger charge is -2.19. The highest BCUT2D eigenvalue weighted by Crippen LogP contribution is 2.51. The molecule has 14 nitrogen and oxygen atoms in total. The Bertz CT molecular complexity index is 3220. The van der Waals surface area contributed by atoms with Crippen LogP contribution in [0.25, 0.3) is 32.5 Å². The Morgan fingerprint density at radius 3 is 1.36 bits per heavy atom. The molecule has 392 valence electrons. The van der Waals surface area contributed by atoms with Crippen LogP contribution in [0.2, 0.25) is 8.67 Å². The van der Waals surface area contributed by atoms with Crippen molar-refractivity contribution in [2.45, 2.75) is 73.3 Å². The Morgan fingerprint density at radius 2 is 1.05 bits per heavy atom. The highest BCUT2D eigenvalue weighted by atomic mass is 35.5. The number of thiocarbonyl (C=S) groups is 1. The standard InChI is InChI=1S/C19H13ClF8N6OS2.C19H11ClF8N6OS/c1-33-14(10(18(23,24)25)11(32-33)17(21,22)19(26,27)28)34-6-7(5-30-34)9-4-8(12(20)37-9)13(35)31-16(2-3-16)15(29)36;1-33-15(11(18(23,24)25)12(32-33)17(21,22)19(26,27)28)34-6-8(5-30-34)10-4-9(13(20)36-10)14(35)31-16(7-29)2-3-16/h4-6H,2-3H2,1H3,(H2,29,36)(H,31,35);4-6H,2-3H2,1H3,(H,31,35). The summed E-state index contributed by atoms with van der Waals surface area (Å²) >= 11 is 18.9. The molecule has 2 aliphatic rings. The quantitative estimate of drug-likeness (QED) is 0.0841. The summed E-state index contributed by atoms with van der Waals surface area (Å²) in [5.74, 6) is -15.4. The summed E-state index contributed by atoms with van der Waals surface area (Å²) in [6.07, 6.45) is -18.0. The van der Waals surface area contributed by atoms with Gasteiger partial charge in [0.15, 0.2) is 23.0 Å². The topological polar surface area (TPSA) is 179 Å². The van der Waals surface area contributed by atoms with Crippen LogP contribution in [-0.4, -0.2) is 79.4 Å². The van der Waals surface area contributed by atoms with Gasteiger partial charge in [-0.3, -0.25) is 9.59 Å². The molecule has 6 aromatic heterocycles. The van der Waals surface area contributed by atoms with Gasteiger partial charge in [-0.1, -0.05) is 35.4 Å². The highest BCUT2D eigenvalue weighted by Gasteiger charge is 2.65. The van der Waals surface area contributed by atoms with Crippen molar-refractivity contribution in [3.8, 4) is 38.6 Å². The second-order valence-electron chi connectivity index (χ2n) is 16.0. The molecule has 0 atom stereocenters. The van der Waals surface area contributed by atoms with Gasteiger partial charge < -0.3 is 16.4 Å². The van der Waals surface area contributed by atoms with E-state index in [1.54, 1.807) is 0 Å². The maximum absolute atomic E-state index is 13.9. The minimum Gasteiger partial charge on any atom is -0.391 e. The minimum absolute atomic E-state index is 0.00684. The van der Waals surface area contributed by atoms with E-state index in [-0.39, 0.29) is 55.0 Å². The number of alkyl halides is 16. The number of amides is 2. The first kappa shape index (κ1) is 54.8. The van der Waals surface area contributed by atoms with Crippen molar-refractivity contribution >= 4 is 74.9 Å². The molecule has 0 spiro atoms. The van der Waals surface area contributed by atoms with Gasteiger partial charge in [-0.2, -0.15) is 95.9 Å². The molecule has 73 heavy (non-hydrogen) atoms. The summed E-state index contributed by atoms with van der Waals surface area (Å²) in [4.78, 5) is 25.7. The third kappa shape index (κ3) is 10.2. The monoisotopic (exact) mass is 1150 g/mol. The van der Waals surface area contributed by atoms with Gasteiger partial charge in [-0.05, 0) is 37.8 Å². The first-order valence-corrected chi connectivity index (χ1v) is 22.4. The zero-order valence-electron chi connectivity index (χ0n) is 35.7. The largest absolute Gasteiger partial charge is 0.459 e. The number of aromatic nitrogens is 8. The Kier molecular flexibility index (Phi) is 13.6. The van der Waals surface area contributed by atoms with E-state index in [1.165, 1.54) is 12.1 Å². The Hall–Kier alpha value is -5.98. The number of halogens is 18. The predicted molar refractivity (Wildman–Crippen MR) is 228 cm³/mol. The average Bonchev–Trinajstić information content (AvgIpc) is 3.67. The fourth-order valence-electron chi connectivity index (χ4n) is 6.77. The number of thiophene rings is 2. The number of carbonyl (C=O) groups excluding carboxylic acids is 2. The van der Waals surface area contributed by atoms with E-state index < -0.39 is 93.6 Å². The van der Waals surface area contributed by atoms with Gasteiger partial charge in [0.2, 0.25) is 0 Å². The Balaban J connectivity index is 0.000000214. The van der Waals surface area contributed by atoms with Crippen LogP contribution >= 0.6 is 58.1 Å². The number of nitrogens with two attached hydrogens (primary N) is 1. The lowest BCUT2D eigenvalue weighted by Crippen LogP contribution is -2.45. The summed E-state index contributed by atoms with van der Waals surface area (Å²) in [6.45, 7) is 0. The lowest BCUT2D eigenvalue weighted by atomic mass is 10.1. The number of hydrogen-bond donors (Lipinski definition) is 3. The molecule has 2 saturated carbocycles. The molecule has 0 aliphatic heterocycles. The van der Waals surface area contributed by atoms with Gasteiger partial charge in [0, 0.05) is 47.4 Å². The Morgan fingerprint density at radius 1 is 0.685 bits per heavy atom. The molecule has 0 saturated heterocycles. The van der Waals surface area contributed by atoms with E-state index in [1.807, 2.05) is 6.07 Å². The number of rotatable bonds is 11. The third-order valence-corrected chi connectivity index (χ3v) is 14.0. The van der Waals surface area contributed by atoms with E-state index >= 15 is 0 Å². The van der Waals surface area contributed by atoms with Crippen molar-refractivity contribution < 1.29 is 79.8 Å². The summed E-state index contributed by atoms with van der Waals surface area (Å²) in [7, 11) is 1.52. The molecule has 8 rings (SSSR count). The molecule has 0 unspecified atom stereocenters. The van der Waals surface area contributed by atoms with Crippen LogP contribution < -0.4 is 16.4 Å². The molecule has 2 fully saturated rings. The van der Waals surface area contributed by atoms with Crippen LogP contribution in [0.4, 0.5) is 70.2 Å². The lowest BCUT2D eigenvalue weighted by molar-refractivity contribution is -0.292. The van der Waals surface area contributed by atoms with Crippen molar-refractivity contribution in [3.05, 3.63) is 79.2 Å². The van der Waals surface area contributed by atoms with E-state index in [0.717, 1.165) is 61.6 Å². The predicted octanol–water partition coefficient (Wildman–Crippen LogP) is 10.7. The third-order valence-electron chi connectivity index (χ3n) is 10.8. The average molecular weight is 1150 g/mol. The zero-order valence-corrected chi connectivity index (χ0v) is 39.7. The van der Waals surface area contributed by atoms with Crippen LogP contribution in [0, 0.1) is 11.3 Å². The highest BCUT2D eigenvalue weighted by molar-refractivity contribution is 7.80. The molecule has 4 N–H and O–H groups in total. The van der Waals surface area contributed by atoms with Crippen LogP contribution in [0.1, 0.15) is 68.9 Å². The number of nitrogens with one attached hydrogen (secondary N) is 2. The number of nitrogens with zero attached hydrogens (tertiary/aromatic N) is 9. The SMILES string of the molecule is Cn1nc(C(F)(F)C(F)(F)F)c(C(F)(F)F)c1-n1cc(-c2cc(C(=O)NC3(C#N)CC3)c(Cl)s2)cn1.Cn1nc(C(F)(F)C(F)(F)F)c(C(F)(F)F)c1-n1cc(-c2cc(C(=O)NC3(C(N)=S)CC3)c(Cl)s2)cn1. The van der Waals surface area contributed by atoms with Crippen molar-refractivity contribution in [2.75, 3.05) is 0 Å². The summed E-state index contributed by atoms with van der Waals surface area (Å²) < 4.78 is 216. The first-order chi connectivity index (χ1) is 33.4. The summed E-state index contributed by atoms with van der Waals surface area (Å²) in [6, 6.07) is 4.57. The number of hydrogen-bond acceptors (Lipinski definition) is 10. The van der Waals surface area contributed by atoms with Gasteiger partial charge in [0.1, 0.15) is 25.3 Å². The molecule has 0 radical (unpaired) electrons. The molecule has 6 aromatic rings. The maximum Gasteiger partial charge on any atom is 0.459 e. The number of aryl methyl sites for hydroxylation is 2. The van der Waals surface area contributed by atoms with E-state index in [2.05, 4.69) is 31.0 Å². The second kappa shape index (κ2) is 18.1. The van der Waals surface area contributed by atoms with Gasteiger partial charge in [-0.15, -0.1) is 22.7 Å². The zero-order chi connectivity index (χ0) is 54.6. The Labute approximate surface area is 419 Å². The summed E-state index contributed by atoms with van der Waals surface area (Å²) in [5.41, 5.74) is -5.63. The van der Waals surface area contributed by atoms with Gasteiger partial charge >= 0.3 is 36.6 Å². The molecule has 2 amide bonds. The van der Waals surface area contributed by atoms with Crippen molar-refractivity contribution in [1.29, 1.82) is 5.26 Å². The normalized spacial score (nSPS) is 15.6. The van der Waals surface area contributed by atoms with Crippen molar-refractivity contribution in [3.63, 3.8) is 0 Å². The fraction of sp³-hybridized carbons (Fsp3) is 0.368. The van der Waals surface area contributed by atoms with Crippen molar-refractivity contribution in [2.24, 2.45) is 19.8 Å². The molecular weight excluding hydrogens is 1130 g/mol. The molecular formula is C38H24Cl2F16N12O2S3. The molecule has 0 aromatic carbocycles.